The molecule has 0 aliphatic rings. The number of rotatable bonds is 6. The lowest BCUT2D eigenvalue weighted by Gasteiger charge is -2.18. The smallest absolute Gasteiger partial charge is 0.303 e. The third-order valence-corrected chi connectivity index (χ3v) is 3.36. The summed E-state index contributed by atoms with van der Waals surface area (Å²) in [5, 5.41) is 11.4. The number of hydrogen-bond donors (Lipinski definition) is 2. The normalized spacial score (nSPS) is 11.9. The van der Waals surface area contributed by atoms with Crippen LogP contribution in [0.4, 0.5) is 4.39 Å². The van der Waals surface area contributed by atoms with E-state index in [-0.39, 0.29) is 24.2 Å². The van der Waals surface area contributed by atoms with Crippen molar-refractivity contribution in [1.82, 2.24) is 5.32 Å². The Bertz CT molecular complexity index is 479. The molecule has 104 valence electrons. The maximum Gasteiger partial charge on any atom is 0.303 e. The summed E-state index contributed by atoms with van der Waals surface area (Å²) in [4.78, 5) is 21.7. The average molecular weight is 332 g/mol. The van der Waals surface area contributed by atoms with E-state index >= 15 is 0 Å². The van der Waals surface area contributed by atoms with E-state index in [1.54, 1.807) is 6.07 Å². The van der Waals surface area contributed by atoms with Gasteiger partial charge in [0.05, 0.1) is 0 Å². The summed E-state index contributed by atoms with van der Waals surface area (Å²) in [6.45, 7) is 1.37. The van der Waals surface area contributed by atoms with Crippen LogP contribution in [0, 0.1) is 5.82 Å². The molecule has 1 amide bonds. The Kier molecular flexibility index (Phi) is 5.95. The Morgan fingerprint density at radius 3 is 2.74 bits per heavy atom. The number of halogens is 2. The maximum atomic E-state index is 13.2. The summed E-state index contributed by atoms with van der Waals surface area (Å²) in [6.07, 6.45) is 0.640. The SMILES string of the molecule is CC(=O)NC(CCC(=O)O)Cc1cc(F)ccc1Br. The van der Waals surface area contributed by atoms with Gasteiger partial charge in [0.2, 0.25) is 5.91 Å². The van der Waals surface area contributed by atoms with Crippen LogP contribution in [0.3, 0.4) is 0 Å². The topological polar surface area (TPSA) is 66.4 Å². The predicted octanol–water partition coefficient (Wildman–Crippen LogP) is 2.50. The van der Waals surface area contributed by atoms with Crippen LogP contribution in [-0.4, -0.2) is 23.0 Å². The zero-order valence-electron chi connectivity index (χ0n) is 10.5. The first kappa shape index (κ1) is 15.6. The Hall–Kier alpha value is -1.43. The van der Waals surface area contributed by atoms with Gasteiger partial charge in [0.15, 0.2) is 0 Å². The molecule has 1 aromatic carbocycles. The highest BCUT2D eigenvalue weighted by atomic mass is 79.9. The second kappa shape index (κ2) is 7.23. The molecule has 4 nitrogen and oxygen atoms in total. The third-order valence-electron chi connectivity index (χ3n) is 2.59. The van der Waals surface area contributed by atoms with Crippen molar-refractivity contribution in [2.75, 3.05) is 0 Å². The minimum absolute atomic E-state index is 0.0438. The molecule has 0 bridgehead atoms. The van der Waals surface area contributed by atoms with Crippen molar-refractivity contribution in [2.45, 2.75) is 32.2 Å². The van der Waals surface area contributed by atoms with E-state index in [1.165, 1.54) is 19.1 Å². The minimum Gasteiger partial charge on any atom is -0.481 e. The number of benzene rings is 1. The number of aliphatic carboxylic acids is 1. The van der Waals surface area contributed by atoms with Crippen LogP contribution < -0.4 is 5.32 Å². The van der Waals surface area contributed by atoms with Gasteiger partial charge in [-0.2, -0.15) is 0 Å². The second-order valence-electron chi connectivity index (χ2n) is 4.27. The molecule has 0 heterocycles. The fraction of sp³-hybridized carbons (Fsp3) is 0.385. The van der Waals surface area contributed by atoms with Crippen LogP contribution in [0.1, 0.15) is 25.3 Å². The average Bonchev–Trinajstić information content (AvgIpc) is 2.30. The van der Waals surface area contributed by atoms with E-state index in [2.05, 4.69) is 21.2 Å². The molecule has 0 aromatic heterocycles. The van der Waals surface area contributed by atoms with Gasteiger partial charge < -0.3 is 10.4 Å². The number of hydrogen-bond acceptors (Lipinski definition) is 2. The van der Waals surface area contributed by atoms with Gasteiger partial charge in [-0.1, -0.05) is 15.9 Å². The van der Waals surface area contributed by atoms with Crippen molar-refractivity contribution < 1.29 is 19.1 Å². The standard InChI is InChI=1S/C13H15BrFNO3/c1-8(17)16-11(3-5-13(18)19)7-9-6-10(15)2-4-12(9)14/h2,4,6,11H,3,5,7H2,1H3,(H,16,17)(H,18,19). The highest BCUT2D eigenvalue weighted by Crippen LogP contribution is 2.20. The first-order valence-corrected chi connectivity index (χ1v) is 6.60. The summed E-state index contributed by atoms with van der Waals surface area (Å²) in [7, 11) is 0. The van der Waals surface area contributed by atoms with Crippen molar-refractivity contribution in [3.05, 3.63) is 34.1 Å². The fourth-order valence-corrected chi connectivity index (χ4v) is 2.18. The molecule has 6 heteroatoms. The summed E-state index contributed by atoms with van der Waals surface area (Å²) >= 11 is 3.31. The zero-order chi connectivity index (χ0) is 14.4. The monoisotopic (exact) mass is 331 g/mol. The number of carboxylic acid groups (broad SMARTS) is 1. The van der Waals surface area contributed by atoms with Gasteiger partial charge in [-0.15, -0.1) is 0 Å². The largest absolute Gasteiger partial charge is 0.481 e. The van der Waals surface area contributed by atoms with Crippen LogP contribution >= 0.6 is 15.9 Å². The number of amides is 1. The summed E-state index contributed by atoms with van der Waals surface area (Å²) in [5.74, 6) is -1.52. The Morgan fingerprint density at radius 1 is 1.47 bits per heavy atom. The number of carboxylic acids is 1. The summed E-state index contributed by atoms with van der Waals surface area (Å²) in [6, 6.07) is 3.97. The van der Waals surface area contributed by atoms with E-state index in [9.17, 15) is 14.0 Å². The minimum atomic E-state index is -0.923. The number of carbonyl (C=O) groups is 2. The first-order chi connectivity index (χ1) is 8.88. The van der Waals surface area contributed by atoms with Gasteiger partial charge in [0.25, 0.3) is 0 Å². The molecule has 2 N–H and O–H groups in total. The third kappa shape index (κ3) is 5.83. The van der Waals surface area contributed by atoms with Gasteiger partial charge >= 0.3 is 5.97 Å². The lowest BCUT2D eigenvalue weighted by atomic mass is 10.0. The zero-order valence-corrected chi connectivity index (χ0v) is 12.0. The first-order valence-electron chi connectivity index (χ1n) is 5.81. The van der Waals surface area contributed by atoms with E-state index in [0.717, 1.165) is 4.47 Å². The maximum absolute atomic E-state index is 13.2. The summed E-state index contributed by atoms with van der Waals surface area (Å²) in [5.41, 5.74) is 0.698. The lowest BCUT2D eigenvalue weighted by molar-refractivity contribution is -0.137. The highest BCUT2D eigenvalue weighted by Gasteiger charge is 2.15. The van der Waals surface area contributed by atoms with Crippen LogP contribution in [0.25, 0.3) is 0 Å². The molecule has 1 atom stereocenters. The quantitative estimate of drug-likeness (QED) is 0.841. The van der Waals surface area contributed by atoms with Gasteiger partial charge in [0.1, 0.15) is 5.82 Å². The van der Waals surface area contributed by atoms with Crippen molar-refractivity contribution in [3.8, 4) is 0 Å². The molecule has 0 saturated heterocycles. The van der Waals surface area contributed by atoms with Gasteiger partial charge in [0, 0.05) is 23.9 Å². The van der Waals surface area contributed by atoms with Crippen molar-refractivity contribution >= 4 is 27.8 Å². The van der Waals surface area contributed by atoms with Gasteiger partial charge in [-0.3, -0.25) is 9.59 Å². The molecule has 1 rings (SSSR count). The Labute approximate surface area is 119 Å². The van der Waals surface area contributed by atoms with Crippen molar-refractivity contribution in [1.29, 1.82) is 0 Å². The van der Waals surface area contributed by atoms with E-state index in [4.69, 9.17) is 5.11 Å². The van der Waals surface area contributed by atoms with Crippen molar-refractivity contribution in [3.63, 3.8) is 0 Å². The Balaban J connectivity index is 2.77. The fourth-order valence-electron chi connectivity index (χ4n) is 1.78. The molecular formula is C13H15BrFNO3. The van der Waals surface area contributed by atoms with E-state index in [1.807, 2.05) is 0 Å². The molecule has 0 saturated carbocycles. The van der Waals surface area contributed by atoms with Crippen LogP contribution in [0.2, 0.25) is 0 Å². The molecule has 0 radical (unpaired) electrons. The second-order valence-corrected chi connectivity index (χ2v) is 5.12. The molecular weight excluding hydrogens is 317 g/mol. The van der Waals surface area contributed by atoms with E-state index in [0.29, 0.717) is 18.4 Å². The number of carbonyl (C=O) groups excluding carboxylic acids is 1. The van der Waals surface area contributed by atoms with Gasteiger partial charge in [-0.05, 0) is 36.6 Å². The molecule has 0 aliphatic carbocycles. The van der Waals surface area contributed by atoms with Gasteiger partial charge in [-0.25, -0.2) is 4.39 Å². The van der Waals surface area contributed by atoms with Crippen LogP contribution in [0.15, 0.2) is 22.7 Å². The lowest BCUT2D eigenvalue weighted by Crippen LogP contribution is -2.35. The molecule has 0 fully saturated rings. The van der Waals surface area contributed by atoms with E-state index < -0.39 is 5.97 Å². The molecule has 19 heavy (non-hydrogen) atoms. The molecule has 1 unspecified atom stereocenters. The predicted molar refractivity (Wildman–Crippen MR) is 72.3 cm³/mol. The highest BCUT2D eigenvalue weighted by molar-refractivity contribution is 9.10. The molecule has 0 spiro atoms. The summed E-state index contributed by atoms with van der Waals surface area (Å²) < 4.78 is 13.9. The Morgan fingerprint density at radius 2 is 2.16 bits per heavy atom. The number of nitrogens with one attached hydrogen (secondary N) is 1. The molecule has 0 aliphatic heterocycles. The van der Waals surface area contributed by atoms with Crippen LogP contribution in [0.5, 0.6) is 0 Å². The van der Waals surface area contributed by atoms with Crippen molar-refractivity contribution in [2.24, 2.45) is 0 Å². The molecule has 1 aromatic rings. The van der Waals surface area contributed by atoms with Crippen LogP contribution in [-0.2, 0) is 16.0 Å².